The summed E-state index contributed by atoms with van der Waals surface area (Å²) in [6.45, 7) is -0.911. The van der Waals surface area contributed by atoms with E-state index in [1.807, 2.05) is 5.48 Å². The summed E-state index contributed by atoms with van der Waals surface area (Å²) in [5.74, 6) is -3.22. The van der Waals surface area contributed by atoms with Crippen molar-refractivity contribution in [2.45, 2.75) is 6.10 Å². The molecule has 0 saturated carbocycles. The van der Waals surface area contributed by atoms with Gasteiger partial charge in [0.05, 0.1) is 29.7 Å². The highest BCUT2D eigenvalue weighted by molar-refractivity contribution is 5.99. The first kappa shape index (κ1) is 17.7. The molecule has 1 atom stereocenters. The molecule has 0 saturated heterocycles. The molecule has 2 aromatic rings. The van der Waals surface area contributed by atoms with E-state index in [0.717, 1.165) is 12.1 Å². The number of anilines is 2. The molecule has 1 aromatic heterocycles. The van der Waals surface area contributed by atoms with Gasteiger partial charge in [0, 0.05) is 6.20 Å². The number of hydroxylamine groups is 1. The Balaban J connectivity index is 2.19. The van der Waals surface area contributed by atoms with Gasteiger partial charge in [-0.05, 0) is 24.3 Å². The molecule has 2 rings (SSSR count). The van der Waals surface area contributed by atoms with Gasteiger partial charge in [0.2, 0.25) is 0 Å². The summed E-state index contributed by atoms with van der Waals surface area (Å²) >= 11 is 0. The van der Waals surface area contributed by atoms with Crippen molar-refractivity contribution in [2.75, 3.05) is 18.5 Å². The van der Waals surface area contributed by atoms with Crippen LogP contribution in [0.2, 0.25) is 0 Å². The number of aromatic nitrogens is 1. The van der Waals surface area contributed by atoms with Crippen molar-refractivity contribution in [2.24, 2.45) is 0 Å². The van der Waals surface area contributed by atoms with E-state index in [1.165, 1.54) is 12.4 Å². The standard InChI is InChI=1S/C15H15F2N3O4/c16-12-4-3-11(15(23)20-24-8-10(22)7-21)14(13(12)17)19-9-2-1-5-18-6-9/h1-6,10,19,21-22H,7-8H2,(H,20,23)/t10-/m1/s1. The van der Waals surface area contributed by atoms with Crippen LogP contribution in [-0.2, 0) is 4.84 Å². The van der Waals surface area contributed by atoms with Crippen LogP contribution in [0, 0.1) is 11.6 Å². The van der Waals surface area contributed by atoms with Crippen LogP contribution in [0.4, 0.5) is 20.2 Å². The van der Waals surface area contributed by atoms with Crippen LogP contribution in [0.3, 0.4) is 0 Å². The molecule has 1 amide bonds. The lowest BCUT2D eigenvalue weighted by molar-refractivity contribution is -0.0295. The third-order valence-corrected chi connectivity index (χ3v) is 2.92. The lowest BCUT2D eigenvalue weighted by Crippen LogP contribution is -2.30. The summed E-state index contributed by atoms with van der Waals surface area (Å²) in [7, 11) is 0. The molecule has 9 heteroatoms. The Morgan fingerprint density at radius 3 is 2.79 bits per heavy atom. The summed E-state index contributed by atoms with van der Waals surface area (Å²) in [6.07, 6.45) is 1.70. The smallest absolute Gasteiger partial charge is 0.277 e. The summed E-state index contributed by atoms with van der Waals surface area (Å²) in [4.78, 5) is 20.6. The summed E-state index contributed by atoms with van der Waals surface area (Å²) in [5.41, 5.74) is 1.74. The number of nitrogens with one attached hydrogen (secondary N) is 2. The lowest BCUT2D eigenvalue weighted by Gasteiger charge is -2.14. The number of nitrogens with zero attached hydrogens (tertiary/aromatic N) is 1. The molecule has 0 aliphatic heterocycles. The average molecular weight is 339 g/mol. The van der Waals surface area contributed by atoms with Crippen LogP contribution in [0.25, 0.3) is 0 Å². The monoisotopic (exact) mass is 339 g/mol. The van der Waals surface area contributed by atoms with Gasteiger partial charge in [-0.15, -0.1) is 0 Å². The maximum Gasteiger partial charge on any atom is 0.277 e. The fourth-order valence-electron chi connectivity index (χ4n) is 1.75. The number of carbonyl (C=O) groups is 1. The van der Waals surface area contributed by atoms with Crippen molar-refractivity contribution in [3.63, 3.8) is 0 Å². The molecule has 128 valence electrons. The Bertz CT molecular complexity index is 701. The molecule has 0 aliphatic carbocycles. The number of rotatable bonds is 7. The predicted octanol–water partition coefficient (Wildman–Crippen LogP) is 1.12. The van der Waals surface area contributed by atoms with Crippen molar-refractivity contribution in [3.05, 3.63) is 53.9 Å². The van der Waals surface area contributed by atoms with Crippen LogP contribution in [-0.4, -0.2) is 40.4 Å². The molecule has 1 heterocycles. The van der Waals surface area contributed by atoms with Crippen molar-refractivity contribution < 1.29 is 28.6 Å². The van der Waals surface area contributed by atoms with Gasteiger partial charge in [-0.25, -0.2) is 14.3 Å². The predicted molar refractivity (Wildman–Crippen MR) is 80.4 cm³/mol. The fraction of sp³-hybridized carbons (Fsp3) is 0.200. The van der Waals surface area contributed by atoms with E-state index in [1.54, 1.807) is 12.1 Å². The number of hydrogen-bond acceptors (Lipinski definition) is 6. The number of aliphatic hydroxyl groups excluding tert-OH is 2. The highest BCUT2D eigenvalue weighted by Crippen LogP contribution is 2.26. The summed E-state index contributed by atoms with van der Waals surface area (Å²) in [5, 5.41) is 20.3. The van der Waals surface area contributed by atoms with Gasteiger partial charge in [-0.2, -0.15) is 0 Å². The zero-order valence-electron chi connectivity index (χ0n) is 12.4. The van der Waals surface area contributed by atoms with Crippen LogP contribution in [0.15, 0.2) is 36.7 Å². The summed E-state index contributed by atoms with van der Waals surface area (Å²) < 4.78 is 27.5. The van der Waals surface area contributed by atoms with E-state index in [9.17, 15) is 13.6 Å². The molecular weight excluding hydrogens is 324 g/mol. The molecule has 4 N–H and O–H groups in total. The Hall–Kier alpha value is -2.62. The topological polar surface area (TPSA) is 104 Å². The Kier molecular flexibility index (Phi) is 6.13. The van der Waals surface area contributed by atoms with Gasteiger partial charge in [0.25, 0.3) is 5.91 Å². The Labute approximate surface area is 135 Å². The van der Waals surface area contributed by atoms with E-state index in [4.69, 9.17) is 15.1 Å². The second-order valence-corrected chi connectivity index (χ2v) is 4.73. The van der Waals surface area contributed by atoms with Crippen LogP contribution >= 0.6 is 0 Å². The van der Waals surface area contributed by atoms with Crippen molar-refractivity contribution in [3.8, 4) is 0 Å². The minimum Gasteiger partial charge on any atom is -0.394 e. The maximum absolute atomic E-state index is 14.1. The third kappa shape index (κ3) is 4.44. The number of carbonyl (C=O) groups excluding carboxylic acids is 1. The lowest BCUT2D eigenvalue weighted by atomic mass is 10.1. The summed E-state index contributed by atoms with van der Waals surface area (Å²) in [6, 6.07) is 5.03. The fourth-order valence-corrected chi connectivity index (χ4v) is 1.75. The molecule has 24 heavy (non-hydrogen) atoms. The third-order valence-electron chi connectivity index (χ3n) is 2.92. The number of pyridine rings is 1. The Morgan fingerprint density at radius 1 is 1.33 bits per heavy atom. The molecule has 7 nitrogen and oxygen atoms in total. The van der Waals surface area contributed by atoms with E-state index < -0.39 is 30.3 Å². The van der Waals surface area contributed by atoms with Crippen molar-refractivity contribution >= 4 is 17.3 Å². The second kappa shape index (κ2) is 8.29. The van der Waals surface area contributed by atoms with Gasteiger partial charge in [0.1, 0.15) is 12.7 Å². The van der Waals surface area contributed by atoms with E-state index in [2.05, 4.69) is 10.3 Å². The quantitative estimate of drug-likeness (QED) is 0.564. The number of aliphatic hydroxyl groups is 2. The molecule has 0 fully saturated rings. The molecule has 0 spiro atoms. The van der Waals surface area contributed by atoms with Gasteiger partial charge in [-0.3, -0.25) is 14.6 Å². The minimum atomic E-state index is -1.23. The molecular formula is C15H15F2N3O4. The zero-order chi connectivity index (χ0) is 17.5. The highest BCUT2D eigenvalue weighted by Gasteiger charge is 2.19. The molecule has 0 unspecified atom stereocenters. The molecule has 0 bridgehead atoms. The molecule has 0 aliphatic rings. The van der Waals surface area contributed by atoms with Crippen LogP contribution < -0.4 is 10.8 Å². The first-order valence-corrected chi connectivity index (χ1v) is 6.89. The van der Waals surface area contributed by atoms with Gasteiger partial charge >= 0.3 is 0 Å². The largest absolute Gasteiger partial charge is 0.394 e. The van der Waals surface area contributed by atoms with E-state index in [0.29, 0.717) is 5.69 Å². The number of amides is 1. The van der Waals surface area contributed by atoms with Gasteiger partial charge < -0.3 is 15.5 Å². The first-order chi connectivity index (χ1) is 11.5. The van der Waals surface area contributed by atoms with E-state index in [-0.39, 0.29) is 17.9 Å². The van der Waals surface area contributed by atoms with Crippen LogP contribution in [0.1, 0.15) is 10.4 Å². The highest BCUT2D eigenvalue weighted by atomic mass is 19.2. The van der Waals surface area contributed by atoms with E-state index >= 15 is 0 Å². The number of halogens is 2. The first-order valence-electron chi connectivity index (χ1n) is 6.89. The maximum atomic E-state index is 14.1. The van der Waals surface area contributed by atoms with Crippen molar-refractivity contribution in [1.82, 2.24) is 10.5 Å². The second-order valence-electron chi connectivity index (χ2n) is 4.73. The molecule has 1 aromatic carbocycles. The SMILES string of the molecule is O=C(NOC[C@H](O)CO)c1ccc(F)c(F)c1Nc1cccnc1. The number of benzene rings is 1. The molecule has 0 radical (unpaired) electrons. The zero-order valence-corrected chi connectivity index (χ0v) is 12.4. The Morgan fingerprint density at radius 2 is 2.12 bits per heavy atom. The number of hydrogen-bond donors (Lipinski definition) is 4. The average Bonchev–Trinajstić information content (AvgIpc) is 2.59. The van der Waals surface area contributed by atoms with Crippen molar-refractivity contribution in [1.29, 1.82) is 0 Å². The van der Waals surface area contributed by atoms with Gasteiger partial charge in [0.15, 0.2) is 11.6 Å². The minimum absolute atomic E-state index is 0.212. The van der Waals surface area contributed by atoms with Gasteiger partial charge in [-0.1, -0.05) is 0 Å². The normalized spacial score (nSPS) is 11.8. The van der Waals surface area contributed by atoms with Crippen LogP contribution in [0.5, 0.6) is 0 Å².